The summed E-state index contributed by atoms with van der Waals surface area (Å²) < 4.78 is 7.30. The molecule has 0 aliphatic carbocycles. The molecular formula is C16H20N4O3. The molecule has 0 radical (unpaired) electrons. The Labute approximate surface area is 134 Å². The number of carbonyl (C=O) groups is 2. The van der Waals surface area contributed by atoms with E-state index in [1.54, 1.807) is 31.1 Å². The van der Waals surface area contributed by atoms with Crippen molar-refractivity contribution in [1.29, 1.82) is 0 Å². The number of furan rings is 1. The first-order chi connectivity index (χ1) is 11.0. The minimum Gasteiger partial charge on any atom is -0.466 e. The van der Waals surface area contributed by atoms with Gasteiger partial charge in [-0.15, -0.1) is 0 Å². The molecule has 1 N–H and O–H groups in total. The van der Waals surface area contributed by atoms with Crippen molar-refractivity contribution in [3.63, 3.8) is 0 Å². The molecule has 2 amide bonds. The van der Waals surface area contributed by atoms with E-state index >= 15 is 0 Å². The minimum atomic E-state index is -0.161. The Morgan fingerprint density at radius 2 is 2.22 bits per heavy atom. The van der Waals surface area contributed by atoms with E-state index in [4.69, 9.17) is 4.42 Å². The monoisotopic (exact) mass is 316 g/mol. The van der Waals surface area contributed by atoms with Gasteiger partial charge in [-0.25, -0.2) is 0 Å². The van der Waals surface area contributed by atoms with Gasteiger partial charge >= 0.3 is 0 Å². The zero-order valence-electron chi connectivity index (χ0n) is 13.5. The van der Waals surface area contributed by atoms with E-state index in [1.165, 1.54) is 0 Å². The summed E-state index contributed by atoms with van der Waals surface area (Å²) in [6, 6.07) is 3.48. The molecule has 1 aliphatic rings. The van der Waals surface area contributed by atoms with Crippen LogP contribution in [0.15, 0.2) is 22.7 Å². The Hall–Kier alpha value is -2.57. The van der Waals surface area contributed by atoms with Gasteiger partial charge in [0.05, 0.1) is 30.3 Å². The molecular weight excluding hydrogens is 296 g/mol. The van der Waals surface area contributed by atoms with Crippen LogP contribution in [-0.4, -0.2) is 40.1 Å². The van der Waals surface area contributed by atoms with Crippen LogP contribution >= 0.6 is 0 Å². The number of fused-ring (bicyclic) bond motifs is 1. The molecule has 3 heterocycles. The number of hydrogen-bond donors (Lipinski definition) is 1. The molecule has 1 aliphatic heterocycles. The van der Waals surface area contributed by atoms with Gasteiger partial charge in [0.1, 0.15) is 11.5 Å². The molecule has 7 nitrogen and oxygen atoms in total. The smallest absolute Gasteiger partial charge is 0.257 e. The molecule has 0 fully saturated rings. The van der Waals surface area contributed by atoms with Crippen LogP contribution in [0.25, 0.3) is 0 Å². The number of rotatable bonds is 3. The number of carbonyl (C=O) groups excluding carboxylic acids is 2. The van der Waals surface area contributed by atoms with Gasteiger partial charge in [-0.3, -0.25) is 14.3 Å². The largest absolute Gasteiger partial charge is 0.466 e. The molecule has 0 unspecified atom stereocenters. The first-order valence-corrected chi connectivity index (χ1v) is 7.59. The Balaban J connectivity index is 1.86. The van der Waals surface area contributed by atoms with E-state index in [0.29, 0.717) is 30.8 Å². The first kappa shape index (κ1) is 15.3. The third kappa shape index (κ3) is 2.86. The molecule has 0 saturated carbocycles. The predicted molar refractivity (Wildman–Crippen MR) is 82.9 cm³/mol. The SMILES string of the molecule is CNC(=O)C[C@@H]1CN(C(=O)c2cc(C)oc2C)Cc2ccnn21. The number of aryl methyl sites for hydroxylation is 2. The van der Waals surface area contributed by atoms with E-state index in [-0.39, 0.29) is 17.9 Å². The van der Waals surface area contributed by atoms with E-state index in [9.17, 15) is 9.59 Å². The highest BCUT2D eigenvalue weighted by Gasteiger charge is 2.31. The van der Waals surface area contributed by atoms with Crippen molar-refractivity contribution in [2.75, 3.05) is 13.6 Å². The number of nitrogens with zero attached hydrogens (tertiary/aromatic N) is 3. The molecule has 0 bridgehead atoms. The van der Waals surface area contributed by atoms with Crippen LogP contribution in [0.1, 0.15) is 40.0 Å². The van der Waals surface area contributed by atoms with Gasteiger partial charge in [-0.05, 0) is 26.0 Å². The molecule has 0 aromatic carbocycles. The maximum atomic E-state index is 12.8. The summed E-state index contributed by atoms with van der Waals surface area (Å²) in [5.74, 6) is 1.19. The fourth-order valence-corrected chi connectivity index (χ4v) is 3.02. The normalized spacial score (nSPS) is 17.0. The second-order valence-corrected chi connectivity index (χ2v) is 5.81. The first-order valence-electron chi connectivity index (χ1n) is 7.59. The summed E-state index contributed by atoms with van der Waals surface area (Å²) in [6.45, 7) is 4.54. The topological polar surface area (TPSA) is 80.4 Å². The average Bonchev–Trinajstić information content (AvgIpc) is 3.12. The molecule has 0 saturated heterocycles. The van der Waals surface area contributed by atoms with Gasteiger partial charge in [-0.2, -0.15) is 5.10 Å². The highest BCUT2D eigenvalue weighted by atomic mass is 16.3. The van der Waals surface area contributed by atoms with Crippen molar-refractivity contribution in [1.82, 2.24) is 20.0 Å². The lowest BCUT2D eigenvalue weighted by atomic mass is 10.1. The van der Waals surface area contributed by atoms with Gasteiger partial charge in [-0.1, -0.05) is 0 Å². The van der Waals surface area contributed by atoms with Crippen LogP contribution in [0.2, 0.25) is 0 Å². The second kappa shape index (κ2) is 5.91. The molecule has 23 heavy (non-hydrogen) atoms. The zero-order chi connectivity index (χ0) is 16.6. The quantitative estimate of drug-likeness (QED) is 0.929. The van der Waals surface area contributed by atoms with E-state index in [1.807, 2.05) is 17.7 Å². The lowest BCUT2D eigenvalue weighted by molar-refractivity contribution is -0.121. The van der Waals surface area contributed by atoms with Gasteiger partial charge < -0.3 is 14.6 Å². The van der Waals surface area contributed by atoms with Crippen molar-refractivity contribution < 1.29 is 14.0 Å². The molecule has 7 heteroatoms. The molecule has 0 spiro atoms. The summed E-state index contributed by atoms with van der Waals surface area (Å²) in [4.78, 5) is 26.3. The highest BCUT2D eigenvalue weighted by Crippen LogP contribution is 2.25. The van der Waals surface area contributed by atoms with Crippen LogP contribution in [-0.2, 0) is 11.3 Å². The highest BCUT2D eigenvalue weighted by molar-refractivity contribution is 5.95. The van der Waals surface area contributed by atoms with Crippen molar-refractivity contribution in [3.8, 4) is 0 Å². The van der Waals surface area contributed by atoms with Crippen molar-refractivity contribution >= 4 is 11.8 Å². The number of aromatic nitrogens is 2. The number of hydrogen-bond acceptors (Lipinski definition) is 4. The summed E-state index contributed by atoms with van der Waals surface area (Å²) in [7, 11) is 1.61. The molecule has 3 rings (SSSR count). The van der Waals surface area contributed by atoms with E-state index in [0.717, 1.165) is 11.5 Å². The van der Waals surface area contributed by atoms with Gasteiger partial charge in [0.15, 0.2) is 0 Å². The van der Waals surface area contributed by atoms with Crippen LogP contribution < -0.4 is 5.32 Å². The van der Waals surface area contributed by atoms with Crippen LogP contribution in [0.3, 0.4) is 0 Å². The second-order valence-electron chi connectivity index (χ2n) is 5.81. The van der Waals surface area contributed by atoms with Crippen molar-refractivity contribution in [2.24, 2.45) is 0 Å². The molecule has 2 aromatic rings. The third-order valence-corrected chi connectivity index (χ3v) is 4.14. The fraction of sp³-hybridized carbons (Fsp3) is 0.438. The van der Waals surface area contributed by atoms with Gasteiger partial charge in [0.2, 0.25) is 5.91 Å². The summed E-state index contributed by atoms with van der Waals surface area (Å²) >= 11 is 0. The molecule has 122 valence electrons. The number of nitrogens with one attached hydrogen (secondary N) is 1. The average molecular weight is 316 g/mol. The van der Waals surface area contributed by atoms with Crippen molar-refractivity contribution in [3.05, 3.63) is 41.1 Å². The standard InChI is InChI=1S/C16H20N4O3/c1-10-6-14(11(2)23-10)16(22)19-8-12-4-5-18-20(12)13(9-19)7-15(21)17-3/h4-6,13H,7-9H2,1-3H3,(H,17,21)/t13-/m1/s1. The summed E-state index contributed by atoms with van der Waals surface area (Å²) in [5.41, 5.74) is 1.51. The van der Waals surface area contributed by atoms with Gasteiger partial charge in [0, 0.05) is 19.8 Å². The van der Waals surface area contributed by atoms with Crippen molar-refractivity contribution in [2.45, 2.75) is 32.9 Å². The fourth-order valence-electron chi connectivity index (χ4n) is 3.02. The third-order valence-electron chi connectivity index (χ3n) is 4.14. The molecule has 1 atom stereocenters. The Bertz CT molecular complexity index is 746. The Kier molecular flexibility index (Phi) is 3.94. The summed E-state index contributed by atoms with van der Waals surface area (Å²) in [5, 5.41) is 6.92. The molecule has 2 aromatic heterocycles. The number of amides is 2. The lowest BCUT2D eigenvalue weighted by Crippen LogP contribution is -2.42. The lowest BCUT2D eigenvalue weighted by Gasteiger charge is -2.33. The van der Waals surface area contributed by atoms with E-state index < -0.39 is 0 Å². The zero-order valence-corrected chi connectivity index (χ0v) is 13.5. The Morgan fingerprint density at radius 3 is 2.87 bits per heavy atom. The van der Waals surface area contributed by atoms with E-state index in [2.05, 4.69) is 10.4 Å². The Morgan fingerprint density at radius 1 is 1.43 bits per heavy atom. The predicted octanol–water partition coefficient (Wildman–Crippen LogP) is 1.43. The summed E-state index contributed by atoms with van der Waals surface area (Å²) in [6.07, 6.45) is 1.99. The maximum absolute atomic E-state index is 12.8. The van der Waals surface area contributed by atoms with Crippen LogP contribution in [0.5, 0.6) is 0 Å². The van der Waals surface area contributed by atoms with Gasteiger partial charge in [0.25, 0.3) is 5.91 Å². The van der Waals surface area contributed by atoms with Crippen LogP contribution in [0.4, 0.5) is 0 Å². The minimum absolute atomic E-state index is 0.0684. The van der Waals surface area contributed by atoms with Crippen LogP contribution in [0, 0.1) is 13.8 Å². The maximum Gasteiger partial charge on any atom is 0.257 e.